The topological polar surface area (TPSA) is 105 Å². The summed E-state index contributed by atoms with van der Waals surface area (Å²) >= 11 is 0. The molecule has 0 aliphatic heterocycles. The zero-order valence-corrected chi connectivity index (χ0v) is 9.47. The van der Waals surface area contributed by atoms with Gasteiger partial charge in [-0.1, -0.05) is 0 Å². The van der Waals surface area contributed by atoms with E-state index in [0.29, 0.717) is 17.7 Å². The van der Waals surface area contributed by atoms with Gasteiger partial charge >= 0.3 is 5.97 Å². The number of non-ortho nitro benzene ring substituents is 1. The minimum atomic E-state index is -1.17. The largest absolute Gasteiger partial charge is 0.494 e. The van der Waals surface area contributed by atoms with Crippen LogP contribution in [0.15, 0.2) is 18.2 Å². The molecule has 1 aromatic heterocycles. The normalized spacial score (nSPS) is 10.5. The van der Waals surface area contributed by atoms with Gasteiger partial charge in [0.1, 0.15) is 17.0 Å². The number of aromatic nitrogens is 1. The Hall–Kier alpha value is -2.57. The van der Waals surface area contributed by atoms with Crippen LogP contribution < -0.4 is 4.74 Å². The van der Waals surface area contributed by atoms with Crippen LogP contribution in [0.25, 0.3) is 10.9 Å². The van der Waals surface area contributed by atoms with Gasteiger partial charge < -0.3 is 14.8 Å². The van der Waals surface area contributed by atoms with E-state index < -0.39 is 10.9 Å². The van der Waals surface area contributed by atoms with Crippen molar-refractivity contribution in [3.63, 3.8) is 0 Å². The van der Waals surface area contributed by atoms with E-state index in [4.69, 9.17) is 9.84 Å². The third-order valence-corrected chi connectivity index (χ3v) is 2.42. The second-order valence-corrected chi connectivity index (χ2v) is 3.58. The minimum Gasteiger partial charge on any atom is -0.494 e. The van der Waals surface area contributed by atoms with Gasteiger partial charge in [-0.25, -0.2) is 4.79 Å². The van der Waals surface area contributed by atoms with Crippen molar-refractivity contribution in [3.05, 3.63) is 34.0 Å². The zero-order chi connectivity index (χ0) is 13.3. The summed E-state index contributed by atoms with van der Waals surface area (Å²) in [6.45, 7) is 2.13. The van der Waals surface area contributed by atoms with Crippen LogP contribution in [-0.4, -0.2) is 27.6 Å². The maximum absolute atomic E-state index is 10.9. The smallest absolute Gasteiger partial charge is 0.352 e. The summed E-state index contributed by atoms with van der Waals surface area (Å²) in [5, 5.41) is 20.2. The molecule has 0 bridgehead atoms. The summed E-state index contributed by atoms with van der Waals surface area (Å²) in [7, 11) is 0. The van der Waals surface area contributed by atoms with E-state index in [1.54, 1.807) is 13.0 Å². The zero-order valence-electron chi connectivity index (χ0n) is 9.47. The first kappa shape index (κ1) is 11.9. The number of fused-ring (bicyclic) bond motifs is 1. The molecule has 0 saturated carbocycles. The van der Waals surface area contributed by atoms with Crippen molar-refractivity contribution in [2.45, 2.75) is 6.92 Å². The van der Waals surface area contributed by atoms with E-state index in [-0.39, 0.29) is 16.9 Å². The van der Waals surface area contributed by atoms with Gasteiger partial charge in [0, 0.05) is 5.39 Å². The summed E-state index contributed by atoms with van der Waals surface area (Å²) < 4.78 is 5.21. The summed E-state index contributed by atoms with van der Waals surface area (Å²) in [5.74, 6) is -0.828. The fraction of sp³-hybridized carbons (Fsp3) is 0.182. The molecule has 1 aromatic carbocycles. The molecule has 2 rings (SSSR count). The first-order chi connectivity index (χ1) is 8.52. The Labute approximate surface area is 101 Å². The number of ether oxygens (including phenoxy) is 1. The SMILES string of the molecule is CCOc1cc([N+](=O)[O-])c2[nH]c(C(=O)O)cc2c1. The Bertz CT molecular complexity index is 632. The molecule has 0 fully saturated rings. The number of nitro groups is 1. The van der Waals surface area contributed by atoms with Gasteiger partial charge in [0.2, 0.25) is 0 Å². The van der Waals surface area contributed by atoms with Crippen molar-refractivity contribution in [3.8, 4) is 5.75 Å². The van der Waals surface area contributed by atoms with Gasteiger partial charge in [-0.05, 0) is 19.1 Å². The molecule has 7 nitrogen and oxygen atoms in total. The number of rotatable bonds is 4. The number of nitrogens with zero attached hydrogens (tertiary/aromatic N) is 1. The summed E-state index contributed by atoms with van der Waals surface area (Å²) in [4.78, 5) is 23.7. The number of nitrogens with one attached hydrogen (secondary N) is 1. The van der Waals surface area contributed by atoms with E-state index in [9.17, 15) is 14.9 Å². The average molecular weight is 250 g/mol. The fourth-order valence-electron chi connectivity index (χ4n) is 1.71. The molecule has 18 heavy (non-hydrogen) atoms. The van der Waals surface area contributed by atoms with E-state index in [0.717, 1.165) is 0 Å². The lowest BCUT2D eigenvalue weighted by molar-refractivity contribution is -0.383. The Morgan fingerprint density at radius 3 is 2.78 bits per heavy atom. The van der Waals surface area contributed by atoms with Crippen LogP contribution in [0.2, 0.25) is 0 Å². The quantitative estimate of drug-likeness (QED) is 0.639. The van der Waals surface area contributed by atoms with Crippen LogP contribution >= 0.6 is 0 Å². The number of carboxylic acid groups (broad SMARTS) is 1. The van der Waals surface area contributed by atoms with Gasteiger partial charge in [-0.2, -0.15) is 0 Å². The van der Waals surface area contributed by atoms with Crippen molar-refractivity contribution >= 4 is 22.6 Å². The number of aromatic amines is 1. The second kappa shape index (κ2) is 4.36. The van der Waals surface area contributed by atoms with Gasteiger partial charge in [0.25, 0.3) is 5.69 Å². The summed E-state index contributed by atoms with van der Waals surface area (Å²) in [6.07, 6.45) is 0. The monoisotopic (exact) mass is 250 g/mol. The third-order valence-electron chi connectivity index (χ3n) is 2.42. The van der Waals surface area contributed by atoms with Crippen molar-refractivity contribution in [2.24, 2.45) is 0 Å². The lowest BCUT2D eigenvalue weighted by Gasteiger charge is -2.03. The number of H-pyrrole nitrogens is 1. The third kappa shape index (κ3) is 1.97. The highest BCUT2D eigenvalue weighted by Crippen LogP contribution is 2.31. The van der Waals surface area contributed by atoms with E-state index >= 15 is 0 Å². The van der Waals surface area contributed by atoms with E-state index in [1.807, 2.05) is 0 Å². The molecule has 2 N–H and O–H groups in total. The molecule has 0 unspecified atom stereocenters. The highest BCUT2D eigenvalue weighted by molar-refractivity contribution is 5.97. The number of nitro benzene ring substituents is 1. The number of hydrogen-bond acceptors (Lipinski definition) is 4. The molecule has 0 atom stereocenters. The van der Waals surface area contributed by atoms with Crippen LogP contribution in [0.5, 0.6) is 5.75 Å². The van der Waals surface area contributed by atoms with Crippen LogP contribution in [0.4, 0.5) is 5.69 Å². The van der Waals surface area contributed by atoms with Crippen LogP contribution in [0.3, 0.4) is 0 Å². The molecule has 7 heteroatoms. The molecule has 0 saturated heterocycles. The molecule has 0 spiro atoms. The standard InChI is InChI=1S/C11H10N2O5/c1-2-18-7-3-6-4-8(11(14)15)12-10(6)9(5-7)13(16)17/h3-5,12H,2H2,1H3,(H,14,15). The highest BCUT2D eigenvalue weighted by atomic mass is 16.6. The average Bonchev–Trinajstić information content (AvgIpc) is 2.71. The summed E-state index contributed by atoms with van der Waals surface area (Å²) in [6, 6.07) is 4.18. The van der Waals surface area contributed by atoms with Gasteiger partial charge in [0.15, 0.2) is 0 Å². The van der Waals surface area contributed by atoms with Crippen LogP contribution in [0, 0.1) is 10.1 Å². The Morgan fingerprint density at radius 2 is 2.22 bits per heavy atom. The number of benzene rings is 1. The molecule has 2 aromatic rings. The van der Waals surface area contributed by atoms with Crippen LogP contribution in [0.1, 0.15) is 17.4 Å². The molecular formula is C11H10N2O5. The predicted molar refractivity (Wildman–Crippen MR) is 63.1 cm³/mol. The number of carbonyl (C=O) groups is 1. The Balaban J connectivity index is 2.69. The van der Waals surface area contributed by atoms with Crippen molar-refractivity contribution < 1.29 is 19.6 Å². The molecule has 94 valence electrons. The van der Waals surface area contributed by atoms with Crippen molar-refractivity contribution in [1.82, 2.24) is 4.98 Å². The molecule has 1 heterocycles. The van der Waals surface area contributed by atoms with Gasteiger partial charge in [-0.15, -0.1) is 0 Å². The lowest BCUT2D eigenvalue weighted by atomic mass is 10.2. The number of aromatic carboxylic acids is 1. The molecule has 0 aliphatic rings. The predicted octanol–water partition coefficient (Wildman–Crippen LogP) is 2.17. The molecule has 0 amide bonds. The van der Waals surface area contributed by atoms with Crippen molar-refractivity contribution in [1.29, 1.82) is 0 Å². The number of carboxylic acids is 1. The van der Waals surface area contributed by atoms with Gasteiger partial charge in [-0.3, -0.25) is 10.1 Å². The van der Waals surface area contributed by atoms with E-state index in [1.165, 1.54) is 12.1 Å². The minimum absolute atomic E-state index is 0.0956. The first-order valence-corrected chi connectivity index (χ1v) is 5.20. The summed E-state index contributed by atoms with van der Waals surface area (Å²) in [5.41, 5.74) is -0.119. The molecule has 0 aliphatic carbocycles. The second-order valence-electron chi connectivity index (χ2n) is 3.58. The Morgan fingerprint density at radius 1 is 1.50 bits per heavy atom. The Kier molecular flexibility index (Phi) is 2.88. The van der Waals surface area contributed by atoms with Gasteiger partial charge in [0.05, 0.1) is 17.6 Å². The van der Waals surface area contributed by atoms with Crippen molar-refractivity contribution in [2.75, 3.05) is 6.61 Å². The molecule has 0 radical (unpaired) electrons. The maximum atomic E-state index is 10.9. The lowest BCUT2D eigenvalue weighted by Crippen LogP contribution is -1.96. The molecular weight excluding hydrogens is 240 g/mol. The van der Waals surface area contributed by atoms with Crippen LogP contribution in [-0.2, 0) is 0 Å². The number of hydrogen-bond donors (Lipinski definition) is 2. The first-order valence-electron chi connectivity index (χ1n) is 5.20. The maximum Gasteiger partial charge on any atom is 0.352 e. The fourth-order valence-corrected chi connectivity index (χ4v) is 1.71. The highest BCUT2D eigenvalue weighted by Gasteiger charge is 2.18. The van der Waals surface area contributed by atoms with E-state index in [2.05, 4.69) is 4.98 Å².